The van der Waals surface area contributed by atoms with Crippen LogP contribution in [0.4, 0.5) is 5.69 Å². The van der Waals surface area contributed by atoms with Gasteiger partial charge in [-0.2, -0.15) is 4.31 Å². The summed E-state index contributed by atoms with van der Waals surface area (Å²) in [5, 5.41) is 13.7. The van der Waals surface area contributed by atoms with Crippen LogP contribution >= 0.6 is 11.6 Å². The lowest BCUT2D eigenvalue weighted by atomic mass is 9.88. The van der Waals surface area contributed by atoms with Gasteiger partial charge < -0.3 is 24.8 Å². The molecule has 2 amide bonds. The summed E-state index contributed by atoms with van der Waals surface area (Å²) in [7, 11) is -2.32. The van der Waals surface area contributed by atoms with Gasteiger partial charge in [-0.3, -0.25) is 9.59 Å². The van der Waals surface area contributed by atoms with E-state index in [0.29, 0.717) is 28.6 Å². The molecule has 47 heavy (non-hydrogen) atoms. The predicted molar refractivity (Wildman–Crippen MR) is 183 cm³/mol. The van der Waals surface area contributed by atoms with E-state index in [4.69, 9.17) is 21.1 Å². The van der Waals surface area contributed by atoms with Crippen molar-refractivity contribution in [3.05, 3.63) is 53.1 Å². The highest BCUT2D eigenvalue weighted by Gasteiger charge is 2.33. The Morgan fingerprint density at radius 1 is 1.06 bits per heavy atom. The second-order valence-corrected chi connectivity index (χ2v) is 15.6. The van der Waals surface area contributed by atoms with Crippen molar-refractivity contribution >= 4 is 39.1 Å². The van der Waals surface area contributed by atoms with E-state index < -0.39 is 22.2 Å². The van der Waals surface area contributed by atoms with Crippen molar-refractivity contribution in [2.24, 2.45) is 11.8 Å². The minimum Gasteiger partial charge on any atom is -0.490 e. The Kier molecular flexibility index (Phi) is 13.5. The molecule has 0 saturated heterocycles. The van der Waals surface area contributed by atoms with Crippen molar-refractivity contribution in [3.63, 3.8) is 0 Å². The van der Waals surface area contributed by atoms with Crippen molar-refractivity contribution in [3.8, 4) is 5.75 Å². The van der Waals surface area contributed by atoms with Crippen LogP contribution in [0, 0.1) is 11.8 Å². The molecule has 4 rings (SSSR count). The second-order valence-electron chi connectivity index (χ2n) is 13.1. The molecule has 10 nitrogen and oxygen atoms in total. The average Bonchev–Trinajstić information content (AvgIpc) is 3.06. The highest BCUT2D eigenvalue weighted by molar-refractivity contribution is 7.89. The maximum Gasteiger partial charge on any atom is 0.258 e. The lowest BCUT2D eigenvalue weighted by Crippen LogP contribution is -2.48. The summed E-state index contributed by atoms with van der Waals surface area (Å²) < 4.78 is 40.7. The Morgan fingerprint density at radius 3 is 2.43 bits per heavy atom. The van der Waals surface area contributed by atoms with Crippen LogP contribution in [0.2, 0.25) is 5.02 Å². The molecular weight excluding hydrogens is 642 g/mol. The van der Waals surface area contributed by atoms with Crippen molar-refractivity contribution in [1.29, 1.82) is 0 Å². The summed E-state index contributed by atoms with van der Waals surface area (Å²) in [5.74, 6) is -0.336. The first-order chi connectivity index (χ1) is 22.4. The van der Waals surface area contributed by atoms with Gasteiger partial charge in [0.1, 0.15) is 5.75 Å². The molecule has 2 aliphatic rings. The first-order valence-electron chi connectivity index (χ1n) is 16.8. The smallest absolute Gasteiger partial charge is 0.258 e. The number of carbonyl (C=O) groups excluding carboxylic acids is 2. The van der Waals surface area contributed by atoms with E-state index in [0.717, 1.165) is 51.4 Å². The summed E-state index contributed by atoms with van der Waals surface area (Å²) in [5.41, 5.74) is 0.813. The van der Waals surface area contributed by atoms with Crippen LogP contribution in [0.3, 0.4) is 0 Å². The Bertz CT molecular complexity index is 1450. The van der Waals surface area contributed by atoms with Crippen LogP contribution in [0.5, 0.6) is 5.75 Å². The fourth-order valence-electron chi connectivity index (χ4n) is 6.21. The fraction of sp³-hybridized carbons (Fsp3) is 0.600. The van der Waals surface area contributed by atoms with Crippen LogP contribution < -0.4 is 10.1 Å². The Balaban J connectivity index is 1.62. The minimum absolute atomic E-state index is 0.0425. The van der Waals surface area contributed by atoms with Gasteiger partial charge in [-0.05, 0) is 88.4 Å². The number of aliphatic hydroxyl groups excluding tert-OH is 1. The molecule has 2 aromatic carbocycles. The number of halogens is 1. The number of likely N-dealkylation sites (N-methyl/N-ethyl adjacent to an activating group) is 1. The monoisotopic (exact) mass is 691 g/mol. The number of amides is 2. The number of aliphatic hydroxyl groups is 1. The summed E-state index contributed by atoms with van der Waals surface area (Å²) in [4.78, 5) is 29.1. The van der Waals surface area contributed by atoms with Crippen molar-refractivity contribution < 1.29 is 32.6 Å². The van der Waals surface area contributed by atoms with E-state index in [-0.39, 0.29) is 54.3 Å². The number of rotatable bonds is 8. The van der Waals surface area contributed by atoms with E-state index in [2.05, 4.69) is 5.32 Å². The number of nitrogens with one attached hydrogen (secondary N) is 1. The average molecular weight is 692 g/mol. The minimum atomic E-state index is -3.83. The maximum absolute atomic E-state index is 14.4. The third-order valence-electron chi connectivity index (χ3n) is 9.25. The lowest BCUT2D eigenvalue weighted by Gasteiger charge is -2.35. The van der Waals surface area contributed by atoms with Crippen LogP contribution in [-0.4, -0.2) is 86.1 Å². The number of benzene rings is 2. The first kappa shape index (κ1) is 37.1. The standard InChI is InChI=1S/C35H50ClN3O7S/c1-24-21-39(25(2)23-40)35(42)31-20-29(37-34(41)27-11-6-5-7-12-27)15-18-32(31)46-26(3)10-8-9-19-45-33(24)22-38(4)47(43,44)30-16-13-28(36)14-17-30/h13-18,20,24-27,33,40H,5-12,19,21-23H2,1-4H3,(H,37,41)/t24-,25-,26+,33+/m0/s1. The van der Waals surface area contributed by atoms with Gasteiger partial charge in [0.25, 0.3) is 5.91 Å². The fourth-order valence-corrected chi connectivity index (χ4v) is 7.52. The van der Waals surface area contributed by atoms with Gasteiger partial charge in [0.2, 0.25) is 15.9 Å². The molecule has 4 atom stereocenters. The molecule has 260 valence electrons. The Hall–Kier alpha value is -2.70. The van der Waals surface area contributed by atoms with E-state index in [1.165, 1.54) is 35.6 Å². The van der Waals surface area contributed by atoms with Gasteiger partial charge in [0.15, 0.2) is 0 Å². The van der Waals surface area contributed by atoms with Crippen LogP contribution in [0.15, 0.2) is 47.4 Å². The third kappa shape index (κ3) is 9.92. The number of hydrogen-bond acceptors (Lipinski definition) is 7. The number of anilines is 1. The molecule has 2 aromatic rings. The molecule has 0 radical (unpaired) electrons. The molecule has 0 aromatic heterocycles. The Labute approximate surface area is 284 Å². The summed E-state index contributed by atoms with van der Waals surface area (Å²) in [6.07, 6.45) is 6.47. The largest absolute Gasteiger partial charge is 0.490 e. The number of nitrogens with zero attached hydrogens (tertiary/aromatic N) is 2. The highest BCUT2D eigenvalue weighted by atomic mass is 35.5. The third-order valence-corrected chi connectivity index (χ3v) is 11.3. The molecule has 1 heterocycles. The van der Waals surface area contributed by atoms with Crippen molar-refractivity contribution in [2.75, 3.05) is 38.7 Å². The highest BCUT2D eigenvalue weighted by Crippen LogP contribution is 2.30. The number of carbonyl (C=O) groups is 2. The van der Waals surface area contributed by atoms with Gasteiger partial charge in [0.05, 0.1) is 35.3 Å². The molecule has 0 unspecified atom stereocenters. The quantitative estimate of drug-likeness (QED) is 0.349. The molecular formula is C35H50ClN3O7S. The summed E-state index contributed by atoms with van der Waals surface area (Å²) in [6.45, 7) is 6.03. The number of hydrogen-bond donors (Lipinski definition) is 2. The van der Waals surface area contributed by atoms with Gasteiger partial charge in [-0.1, -0.05) is 37.8 Å². The first-order valence-corrected chi connectivity index (χ1v) is 18.6. The zero-order valence-electron chi connectivity index (χ0n) is 28.0. The van der Waals surface area contributed by atoms with Gasteiger partial charge in [0, 0.05) is 49.3 Å². The van der Waals surface area contributed by atoms with E-state index in [1.54, 1.807) is 30.0 Å². The molecule has 2 N–H and O–H groups in total. The van der Waals surface area contributed by atoms with Crippen LogP contribution in [-0.2, 0) is 19.6 Å². The van der Waals surface area contributed by atoms with Crippen molar-refractivity contribution in [2.45, 2.75) is 95.3 Å². The number of fused-ring (bicyclic) bond motifs is 1. The molecule has 1 fully saturated rings. The Morgan fingerprint density at radius 2 is 1.74 bits per heavy atom. The SMILES string of the molecule is C[C@@H]1CCCCO[C@H](CN(C)S(=O)(=O)c2ccc(Cl)cc2)[C@@H](C)CN([C@@H](C)CO)C(=O)c2cc(NC(=O)C3CCCCC3)ccc2O1. The van der Waals surface area contributed by atoms with Gasteiger partial charge >= 0.3 is 0 Å². The molecule has 1 aliphatic heterocycles. The molecule has 0 spiro atoms. The van der Waals surface area contributed by atoms with Gasteiger partial charge in [-0.15, -0.1) is 0 Å². The lowest BCUT2D eigenvalue weighted by molar-refractivity contribution is -0.120. The maximum atomic E-state index is 14.4. The van der Waals surface area contributed by atoms with Gasteiger partial charge in [-0.25, -0.2) is 8.42 Å². The van der Waals surface area contributed by atoms with Crippen LogP contribution in [0.25, 0.3) is 0 Å². The van der Waals surface area contributed by atoms with E-state index >= 15 is 0 Å². The molecule has 1 saturated carbocycles. The predicted octanol–water partition coefficient (Wildman–Crippen LogP) is 5.98. The number of sulfonamides is 1. The van der Waals surface area contributed by atoms with E-state index in [1.807, 2.05) is 13.8 Å². The number of ether oxygens (including phenoxy) is 2. The van der Waals surface area contributed by atoms with Crippen LogP contribution in [0.1, 0.15) is 82.5 Å². The zero-order valence-corrected chi connectivity index (χ0v) is 29.6. The summed E-state index contributed by atoms with van der Waals surface area (Å²) >= 11 is 5.99. The van der Waals surface area contributed by atoms with Crippen molar-refractivity contribution in [1.82, 2.24) is 9.21 Å². The molecule has 12 heteroatoms. The molecule has 1 aliphatic carbocycles. The normalized spacial score (nSPS) is 23.0. The van der Waals surface area contributed by atoms with E-state index in [9.17, 15) is 23.1 Å². The zero-order chi connectivity index (χ0) is 34.1. The summed E-state index contributed by atoms with van der Waals surface area (Å²) in [6, 6.07) is 10.6. The molecule has 0 bridgehead atoms. The topological polar surface area (TPSA) is 125 Å². The second kappa shape index (κ2) is 17.1.